The smallest absolute Gasteiger partial charge is 0.407 e. The van der Waals surface area contributed by atoms with Gasteiger partial charge in [-0.25, -0.2) is 4.79 Å². The summed E-state index contributed by atoms with van der Waals surface area (Å²) < 4.78 is 4.94. The molecule has 0 unspecified atom stereocenters. The molecule has 0 heterocycles. The standard InChI is InChI=1S/C11H19NO3/c1-2-3-4-5-8-15-11(14)12-9-6-7-10(9)13/h9H,2-8H2,1H3,(H,12,14)/t9-/m0/s1. The topological polar surface area (TPSA) is 55.4 Å². The molecule has 1 amide bonds. The van der Waals surface area contributed by atoms with Crippen LogP contribution in [-0.2, 0) is 9.53 Å². The molecule has 0 aromatic rings. The maximum atomic E-state index is 11.1. The van der Waals surface area contributed by atoms with Crippen LogP contribution in [0.5, 0.6) is 0 Å². The van der Waals surface area contributed by atoms with E-state index in [1.807, 2.05) is 0 Å². The first-order valence-electron chi connectivity index (χ1n) is 5.70. The van der Waals surface area contributed by atoms with Crippen molar-refractivity contribution < 1.29 is 14.3 Å². The van der Waals surface area contributed by atoms with E-state index < -0.39 is 6.09 Å². The molecule has 4 nitrogen and oxygen atoms in total. The summed E-state index contributed by atoms with van der Waals surface area (Å²) in [4.78, 5) is 22.0. The van der Waals surface area contributed by atoms with E-state index in [2.05, 4.69) is 12.2 Å². The molecule has 1 atom stereocenters. The van der Waals surface area contributed by atoms with Crippen LogP contribution in [-0.4, -0.2) is 24.5 Å². The largest absolute Gasteiger partial charge is 0.450 e. The molecule has 0 spiro atoms. The van der Waals surface area contributed by atoms with Gasteiger partial charge in [-0.15, -0.1) is 0 Å². The third-order valence-corrected chi connectivity index (χ3v) is 2.59. The Bertz CT molecular complexity index is 228. The SMILES string of the molecule is CCCCCCOC(=O)N[C@H]1CCC1=O. The normalized spacial score (nSPS) is 19.5. The van der Waals surface area contributed by atoms with Crippen LogP contribution in [0.25, 0.3) is 0 Å². The second-order valence-electron chi connectivity index (χ2n) is 3.90. The van der Waals surface area contributed by atoms with Crippen molar-refractivity contribution in [3.8, 4) is 0 Å². The molecule has 1 aliphatic rings. The van der Waals surface area contributed by atoms with Crippen LogP contribution in [0.2, 0.25) is 0 Å². The van der Waals surface area contributed by atoms with Gasteiger partial charge in [0.1, 0.15) is 0 Å². The predicted molar refractivity (Wildman–Crippen MR) is 56.7 cm³/mol. The van der Waals surface area contributed by atoms with Crippen molar-refractivity contribution in [1.82, 2.24) is 5.32 Å². The van der Waals surface area contributed by atoms with Gasteiger partial charge in [-0.05, 0) is 12.8 Å². The summed E-state index contributed by atoms with van der Waals surface area (Å²) in [6.45, 7) is 2.59. The molecule has 1 fully saturated rings. The van der Waals surface area contributed by atoms with Crippen molar-refractivity contribution >= 4 is 11.9 Å². The highest BCUT2D eigenvalue weighted by atomic mass is 16.5. The minimum absolute atomic E-state index is 0.109. The van der Waals surface area contributed by atoms with Crippen LogP contribution in [0.1, 0.15) is 45.4 Å². The highest BCUT2D eigenvalue weighted by molar-refractivity contribution is 5.92. The summed E-state index contributed by atoms with van der Waals surface area (Å²) in [6.07, 6.45) is 5.22. The van der Waals surface area contributed by atoms with Crippen LogP contribution in [0.3, 0.4) is 0 Å². The quantitative estimate of drug-likeness (QED) is 0.687. The first-order chi connectivity index (χ1) is 7.24. The predicted octanol–water partition coefficient (Wildman–Crippen LogP) is 2.02. The molecule has 86 valence electrons. The molecule has 4 heteroatoms. The van der Waals surface area contributed by atoms with Crippen molar-refractivity contribution in [2.45, 2.75) is 51.5 Å². The van der Waals surface area contributed by atoms with E-state index in [1.165, 1.54) is 12.8 Å². The fourth-order valence-corrected chi connectivity index (χ4v) is 1.44. The summed E-state index contributed by atoms with van der Waals surface area (Å²) in [5.74, 6) is 0.109. The summed E-state index contributed by atoms with van der Waals surface area (Å²) in [5, 5.41) is 2.55. The Kier molecular flexibility index (Phi) is 5.15. The van der Waals surface area contributed by atoms with E-state index in [1.54, 1.807) is 0 Å². The zero-order chi connectivity index (χ0) is 11.1. The lowest BCUT2D eigenvalue weighted by atomic mass is 9.91. The zero-order valence-corrected chi connectivity index (χ0v) is 9.25. The fraction of sp³-hybridized carbons (Fsp3) is 0.818. The third kappa shape index (κ3) is 4.32. The second kappa shape index (κ2) is 6.43. The molecule has 0 aromatic heterocycles. The van der Waals surface area contributed by atoms with Gasteiger partial charge in [-0.2, -0.15) is 0 Å². The van der Waals surface area contributed by atoms with Crippen LogP contribution in [0.4, 0.5) is 4.79 Å². The number of Topliss-reactive ketones (excluding diaryl/α,β-unsaturated/α-hetero) is 1. The van der Waals surface area contributed by atoms with Gasteiger partial charge in [0.2, 0.25) is 0 Å². The van der Waals surface area contributed by atoms with E-state index in [4.69, 9.17) is 4.74 Å². The Morgan fingerprint density at radius 1 is 1.47 bits per heavy atom. The van der Waals surface area contributed by atoms with E-state index in [-0.39, 0.29) is 11.8 Å². The van der Waals surface area contributed by atoms with Crippen molar-refractivity contribution in [3.05, 3.63) is 0 Å². The Balaban J connectivity index is 1.96. The Labute approximate surface area is 90.4 Å². The molecule has 1 saturated carbocycles. The number of unbranched alkanes of at least 4 members (excludes halogenated alkanes) is 3. The summed E-state index contributed by atoms with van der Waals surface area (Å²) in [7, 11) is 0. The van der Waals surface area contributed by atoms with Crippen LogP contribution in [0, 0.1) is 0 Å². The van der Waals surface area contributed by atoms with Gasteiger partial charge in [-0.1, -0.05) is 26.2 Å². The van der Waals surface area contributed by atoms with Gasteiger partial charge in [0.25, 0.3) is 0 Å². The zero-order valence-electron chi connectivity index (χ0n) is 9.25. The molecular formula is C11H19NO3. The van der Waals surface area contributed by atoms with Crippen molar-refractivity contribution in [2.75, 3.05) is 6.61 Å². The average molecular weight is 213 g/mol. The minimum Gasteiger partial charge on any atom is -0.450 e. The molecule has 1 rings (SSSR count). The van der Waals surface area contributed by atoms with Gasteiger partial charge in [0, 0.05) is 6.42 Å². The van der Waals surface area contributed by atoms with Gasteiger partial charge < -0.3 is 10.1 Å². The lowest BCUT2D eigenvalue weighted by molar-refractivity contribution is -0.126. The summed E-state index contributed by atoms with van der Waals surface area (Å²) in [5.41, 5.74) is 0. The number of rotatable bonds is 6. The van der Waals surface area contributed by atoms with E-state index in [9.17, 15) is 9.59 Å². The highest BCUT2D eigenvalue weighted by Crippen LogP contribution is 2.13. The first-order valence-corrected chi connectivity index (χ1v) is 5.70. The number of nitrogens with one attached hydrogen (secondary N) is 1. The molecular weight excluding hydrogens is 194 g/mol. The number of ketones is 1. The lowest BCUT2D eigenvalue weighted by Crippen LogP contribution is -2.47. The molecule has 1 aliphatic carbocycles. The van der Waals surface area contributed by atoms with E-state index >= 15 is 0 Å². The number of ether oxygens (including phenoxy) is 1. The van der Waals surface area contributed by atoms with E-state index in [0.29, 0.717) is 13.0 Å². The molecule has 0 aliphatic heterocycles. The van der Waals surface area contributed by atoms with Crippen molar-refractivity contribution in [3.63, 3.8) is 0 Å². The molecule has 0 radical (unpaired) electrons. The van der Waals surface area contributed by atoms with Gasteiger partial charge in [0.15, 0.2) is 5.78 Å². The Morgan fingerprint density at radius 3 is 2.80 bits per heavy atom. The van der Waals surface area contributed by atoms with Crippen LogP contribution >= 0.6 is 0 Å². The summed E-state index contributed by atoms with van der Waals surface area (Å²) in [6, 6.07) is -0.284. The number of carbonyl (C=O) groups excluding carboxylic acids is 2. The minimum atomic E-state index is -0.454. The lowest BCUT2D eigenvalue weighted by Gasteiger charge is -2.24. The van der Waals surface area contributed by atoms with Crippen molar-refractivity contribution in [1.29, 1.82) is 0 Å². The Morgan fingerprint density at radius 2 is 2.27 bits per heavy atom. The number of alkyl carbamates (subject to hydrolysis) is 1. The maximum Gasteiger partial charge on any atom is 0.407 e. The molecule has 0 bridgehead atoms. The van der Waals surface area contributed by atoms with Gasteiger partial charge >= 0.3 is 6.09 Å². The van der Waals surface area contributed by atoms with Crippen LogP contribution in [0.15, 0.2) is 0 Å². The molecule has 1 N–H and O–H groups in total. The summed E-state index contributed by atoms with van der Waals surface area (Å²) >= 11 is 0. The first kappa shape index (κ1) is 12.0. The monoisotopic (exact) mass is 213 g/mol. The molecule has 0 aromatic carbocycles. The van der Waals surface area contributed by atoms with Gasteiger partial charge in [0.05, 0.1) is 12.6 Å². The molecule has 0 saturated heterocycles. The highest BCUT2D eigenvalue weighted by Gasteiger charge is 2.29. The second-order valence-corrected chi connectivity index (χ2v) is 3.90. The van der Waals surface area contributed by atoms with Crippen LogP contribution < -0.4 is 5.32 Å². The molecule has 15 heavy (non-hydrogen) atoms. The number of hydrogen-bond donors (Lipinski definition) is 1. The Hall–Kier alpha value is -1.06. The van der Waals surface area contributed by atoms with Gasteiger partial charge in [-0.3, -0.25) is 4.79 Å². The number of carbonyl (C=O) groups is 2. The van der Waals surface area contributed by atoms with Crippen molar-refractivity contribution in [2.24, 2.45) is 0 Å². The maximum absolute atomic E-state index is 11.1. The number of amides is 1. The van der Waals surface area contributed by atoms with E-state index in [0.717, 1.165) is 19.3 Å². The average Bonchev–Trinajstić information content (AvgIpc) is 2.23. The third-order valence-electron chi connectivity index (χ3n) is 2.59. The number of hydrogen-bond acceptors (Lipinski definition) is 3. The fourth-order valence-electron chi connectivity index (χ4n) is 1.44.